The summed E-state index contributed by atoms with van der Waals surface area (Å²) in [4.78, 5) is 10.6. The minimum atomic E-state index is -1.54. The standard InChI is InChI=1S/C13H7F3O2/c14-8-3-1-7(2-4-8)9-5-6-10(13(17)18)12(16)11(9)15/h1-6H,(H,17,18). The Balaban J connectivity index is 2.57. The van der Waals surface area contributed by atoms with Crippen LogP contribution in [0.15, 0.2) is 36.4 Å². The van der Waals surface area contributed by atoms with Crippen LogP contribution in [0.5, 0.6) is 0 Å². The second-order valence-corrected chi connectivity index (χ2v) is 3.60. The van der Waals surface area contributed by atoms with Gasteiger partial charge in [-0.2, -0.15) is 0 Å². The molecule has 0 amide bonds. The largest absolute Gasteiger partial charge is 0.478 e. The molecule has 0 bridgehead atoms. The molecule has 2 aromatic rings. The van der Waals surface area contributed by atoms with E-state index in [2.05, 4.69) is 0 Å². The molecule has 0 aliphatic rings. The summed E-state index contributed by atoms with van der Waals surface area (Å²) in [6.45, 7) is 0. The number of aromatic carboxylic acids is 1. The number of carbonyl (C=O) groups is 1. The van der Waals surface area contributed by atoms with E-state index >= 15 is 0 Å². The van der Waals surface area contributed by atoms with Crippen molar-refractivity contribution in [2.75, 3.05) is 0 Å². The highest BCUT2D eigenvalue weighted by Gasteiger charge is 2.18. The average Bonchev–Trinajstić information content (AvgIpc) is 2.33. The van der Waals surface area contributed by atoms with Gasteiger partial charge in [-0.3, -0.25) is 0 Å². The molecular formula is C13H7F3O2. The van der Waals surface area contributed by atoms with Crippen LogP contribution < -0.4 is 0 Å². The Kier molecular flexibility index (Phi) is 3.06. The summed E-state index contributed by atoms with van der Waals surface area (Å²) in [6.07, 6.45) is 0. The number of hydrogen-bond donors (Lipinski definition) is 1. The van der Waals surface area contributed by atoms with Gasteiger partial charge in [-0.1, -0.05) is 18.2 Å². The average molecular weight is 252 g/mol. The third-order valence-corrected chi connectivity index (χ3v) is 2.47. The SMILES string of the molecule is O=C(O)c1ccc(-c2ccc(F)cc2)c(F)c1F. The van der Waals surface area contributed by atoms with Crippen LogP contribution in [-0.4, -0.2) is 11.1 Å². The zero-order valence-electron chi connectivity index (χ0n) is 8.95. The lowest BCUT2D eigenvalue weighted by Crippen LogP contribution is -2.03. The van der Waals surface area contributed by atoms with Crippen LogP contribution in [0.3, 0.4) is 0 Å². The van der Waals surface area contributed by atoms with E-state index in [9.17, 15) is 18.0 Å². The second-order valence-electron chi connectivity index (χ2n) is 3.60. The Morgan fingerprint density at radius 1 is 0.889 bits per heavy atom. The van der Waals surface area contributed by atoms with Gasteiger partial charge in [0, 0.05) is 5.56 Å². The minimum absolute atomic E-state index is 0.113. The fourth-order valence-corrected chi connectivity index (χ4v) is 1.57. The Morgan fingerprint density at radius 2 is 1.50 bits per heavy atom. The maximum absolute atomic E-state index is 13.7. The molecule has 0 saturated carbocycles. The Morgan fingerprint density at radius 3 is 2.06 bits per heavy atom. The van der Waals surface area contributed by atoms with E-state index in [1.807, 2.05) is 0 Å². The van der Waals surface area contributed by atoms with Crippen LogP contribution in [0, 0.1) is 17.5 Å². The Hall–Kier alpha value is -2.30. The molecule has 2 aromatic carbocycles. The zero-order valence-corrected chi connectivity index (χ0v) is 8.95. The summed E-state index contributed by atoms with van der Waals surface area (Å²) in [5.41, 5.74) is -0.583. The first-order valence-electron chi connectivity index (χ1n) is 4.98. The first-order valence-corrected chi connectivity index (χ1v) is 4.98. The Bertz CT molecular complexity index is 606. The minimum Gasteiger partial charge on any atom is -0.478 e. The van der Waals surface area contributed by atoms with Gasteiger partial charge >= 0.3 is 5.97 Å². The summed E-state index contributed by atoms with van der Waals surface area (Å²) in [7, 11) is 0. The van der Waals surface area contributed by atoms with Gasteiger partial charge in [0.1, 0.15) is 5.82 Å². The maximum atomic E-state index is 13.7. The number of carboxylic acids is 1. The van der Waals surface area contributed by atoms with E-state index in [1.165, 1.54) is 12.1 Å². The molecular weight excluding hydrogens is 245 g/mol. The molecule has 0 aliphatic heterocycles. The molecule has 18 heavy (non-hydrogen) atoms. The van der Waals surface area contributed by atoms with Crippen molar-refractivity contribution in [3.63, 3.8) is 0 Å². The lowest BCUT2D eigenvalue weighted by molar-refractivity contribution is 0.0690. The fraction of sp³-hybridized carbons (Fsp3) is 0. The van der Waals surface area contributed by atoms with Crippen molar-refractivity contribution in [1.82, 2.24) is 0 Å². The van der Waals surface area contributed by atoms with Crippen LogP contribution in [-0.2, 0) is 0 Å². The van der Waals surface area contributed by atoms with Gasteiger partial charge in [-0.15, -0.1) is 0 Å². The van der Waals surface area contributed by atoms with Gasteiger partial charge in [-0.05, 0) is 23.8 Å². The summed E-state index contributed by atoms with van der Waals surface area (Å²) >= 11 is 0. The third kappa shape index (κ3) is 2.07. The summed E-state index contributed by atoms with van der Waals surface area (Å²) in [5.74, 6) is -4.73. The fourth-order valence-electron chi connectivity index (χ4n) is 1.57. The molecule has 0 fully saturated rings. The van der Waals surface area contributed by atoms with Crippen molar-refractivity contribution in [3.05, 3.63) is 59.4 Å². The molecule has 0 spiro atoms. The molecule has 0 heterocycles. The lowest BCUT2D eigenvalue weighted by atomic mass is 10.0. The quantitative estimate of drug-likeness (QED) is 0.888. The molecule has 0 aromatic heterocycles. The summed E-state index contributed by atoms with van der Waals surface area (Å²) in [5, 5.41) is 8.63. The van der Waals surface area contributed by atoms with Gasteiger partial charge in [0.15, 0.2) is 11.6 Å². The van der Waals surface area contributed by atoms with Gasteiger partial charge in [0.25, 0.3) is 0 Å². The van der Waals surface area contributed by atoms with Gasteiger partial charge < -0.3 is 5.11 Å². The van der Waals surface area contributed by atoms with E-state index < -0.39 is 29.0 Å². The van der Waals surface area contributed by atoms with Crippen molar-refractivity contribution in [3.8, 4) is 11.1 Å². The van der Waals surface area contributed by atoms with E-state index in [0.717, 1.165) is 24.3 Å². The van der Waals surface area contributed by atoms with E-state index in [0.29, 0.717) is 0 Å². The van der Waals surface area contributed by atoms with Crippen molar-refractivity contribution >= 4 is 5.97 Å². The molecule has 0 unspecified atom stereocenters. The zero-order chi connectivity index (χ0) is 13.3. The Labute approximate surface area is 100 Å². The second kappa shape index (κ2) is 4.52. The van der Waals surface area contributed by atoms with Gasteiger partial charge in [0.05, 0.1) is 5.56 Å². The van der Waals surface area contributed by atoms with E-state index in [4.69, 9.17) is 5.11 Å². The highest BCUT2D eigenvalue weighted by Crippen LogP contribution is 2.26. The van der Waals surface area contributed by atoms with Gasteiger partial charge in [-0.25, -0.2) is 18.0 Å². The topological polar surface area (TPSA) is 37.3 Å². The predicted molar refractivity (Wildman–Crippen MR) is 58.7 cm³/mol. The summed E-state index contributed by atoms with van der Waals surface area (Å²) < 4.78 is 39.8. The first-order chi connectivity index (χ1) is 8.50. The van der Waals surface area contributed by atoms with Crippen LogP contribution in [0.1, 0.15) is 10.4 Å². The van der Waals surface area contributed by atoms with Gasteiger partial charge in [0.2, 0.25) is 0 Å². The highest BCUT2D eigenvalue weighted by molar-refractivity contribution is 5.88. The molecule has 0 aliphatic carbocycles. The predicted octanol–water partition coefficient (Wildman–Crippen LogP) is 3.47. The number of rotatable bonds is 2. The molecule has 2 nitrogen and oxygen atoms in total. The van der Waals surface area contributed by atoms with E-state index in [-0.39, 0.29) is 11.1 Å². The number of carboxylic acid groups (broad SMARTS) is 1. The lowest BCUT2D eigenvalue weighted by Gasteiger charge is -2.06. The van der Waals surface area contributed by atoms with Crippen LogP contribution >= 0.6 is 0 Å². The first kappa shape index (κ1) is 12.2. The molecule has 0 saturated heterocycles. The molecule has 5 heteroatoms. The normalized spacial score (nSPS) is 10.4. The van der Waals surface area contributed by atoms with Crippen LogP contribution in [0.4, 0.5) is 13.2 Å². The molecule has 0 radical (unpaired) electrons. The molecule has 2 rings (SSSR count). The molecule has 1 N–H and O–H groups in total. The van der Waals surface area contributed by atoms with E-state index in [1.54, 1.807) is 0 Å². The summed E-state index contributed by atoms with van der Waals surface area (Å²) in [6, 6.07) is 6.91. The monoisotopic (exact) mass is 252 g/mol. The van der Waals surface area contributed by atoms with Crippen LogP contribution in [0.2, 0.25) is 0 Å². The maximum Gasteiger partial charge on any atom is 0.338 e. The van der Waals surface area contributed by atoms with Crippen LogP contribution in [0.25, 0.3) is 11.1 Å². The number of benzene rings is 2. The van der Waals surface area contributed by atoms with Crippen molar-refractivity contribution in [1.29, 1.82) is 0 Å². The number of hydrogen-bond acceptors (Lipinski definition) is 1. The highest BCUT2D eigenvalue weighted by atomic mass is 19.2. The van der Waals surface area contributed by atoms with Crippen molar-refractivity contribution in [2.24, 2.45) is 0 Å². The smallest absolute Gasteiger partial charge is 0.338 e. The number of halogens is 3. The van der Waals surface area contributed by atoms with Crippen molar-refractivity contribution in [2.45, 2.75) is 0 Å². The molecule has 92 valence electrons. The molecule has 0 atom stereocenters. The van der Waals surface area contributed by atoms with Crippen molar-refractivity contribution < 1.29 is 23.1 Å². The third-order valence-electron chi connectivity index (χ3n) is 2.47.